The second-order valence-electron chi connectivity index (χ2n) is 6.38. The number of nitrogens with zero attached hydrogens (tertiary/aromatic N) is 2. The Hall–Kier alpha value is -0.440. The molecule has 0 unspecified atom stereocenters. The Morgan fingerprint density at radius 1 is 1.00 bits per heavy atom. The van der Waals surface area contributed by atoms with Crippen LogP contribution in [0.15, 0.2) is 10.2 Å². The van der Waals surface area contributed by atoms with Crippen LogP contribution in [0.25, 0.3) is 0 Å². The summed E-state index contributed by atoms with van der Waals surface area (Å²) in [5.74, 6) is 0. The first-order chi connectivity index (χ1) is 8.41. The van der Waals surface area contributed by atoms with E-state index in [0.29, 0.717) is 6.04 Å². The molecule has 0 atom stereocenters. The van der Waals surface area contributed by atoms with E-state index in [0.717, 1.165) is 12.8 Å². The van der Waals surface area contributed by atoms with E-state index in [1.165, 1.54) is 32.1 Å². The molecule has 0 spiro atoms. The number of azo groups is 1. The molecule has 0 bridgehead atoms. The van der Waals surface area contributed by atoms with Gasteiger partial charge in [0.1, 0.15) is 0 Å². The van der Waals surface area contributed by atoms with Crippen LogP contribution in [-0.4, -0.2) is 17.4 Å². The molecule has 1 rings (SSSR count). The van der Waals surface area contributed by atoms with E-state index in [1.807, 2.05) is 0 Å². The van der Waals surface area contributed by atoms with Crippen LogP contribution in [0.5, 0.6) is 0 Å². The summed E-state index contributed by atoms with van der Waals surface area (Å²) < 4.78 is 6.15. The van der Waals surface area contributed by atoms with Gasteiger partial charge in [-0.1, -0.05) is 33.1 Å². The predicted molar refractivity (Wildman–Crippen MR) is 75.9 cm³/mol. The number of hydrogen-bond acceptors (Lipinski definition) is 3. The second-order valence-corrected chi connectivity index (χ2v) is 6.38. The Morgan fingerprint density at radius 2 is 1.56 bits per heavy atom. The van der Waals surface area contributed by atoms with Crippen molar-refractivity contribution in [2.24, 2.45) is 10.2 Å². The molecule has 1 aliphatic carbocycles. The lowest BCUT2D eigenvalue weighted by molar-refractivity contribution is -0.135. The molecule has 0 aromatic carbocycles. The maximum atomic E-state index is 6.15. The van der Waals surface area contributed by atoms with Gasteiger partial charge in [-0.15, -0.1) is 0 Å². The van der Waals surface area contributed by atoms with E-state index in [9.17, 15) is 0 Å². The molecule has 106 valence electrons. The van der Waals surface area contributed by atoms with Crippen LogP contribution in [0.4, 0.5) is 0 Å². The maximum absolute atomic E-state index is 6.15. The monoisotopic (exact) mass is 254 g/mol. The average Bonchev–Trinajstić information content (AvgIpc) is 2.34. The van der Waals surface area contributed by atoms with Gasteiger partial charge >= 0.3 is 0 Å². The molecule has 0 heterocycles. The number of rotatable bonds is 5. The van der Waals surface area contributed by atoms with Crippen LogP contribution in [0, 0.1) is 0 Å². The standard InChI is InChI=1S/C15H30N2O/c1-6-15(7-2,18-14(3,4)5)17-16-13-11-9-8-10-12-13/h13H,6-12H2,1-5H3. The highest BCUT2D eigenvalue weighted by molar-refractivity contribution is 4.79. The maximum Gasteiger partial charge on any atom is 0.179 e. The molecule has 0 aromatic rings. The molecule has 0 saturated heterocycles. The summed E-state index contributed by atoms with van der Waals surface area (Å²) in [4.78, 5) is 0. The first-order valence-corrected chi connectivity index (χ1v) is 7.53. The minimum Gasteiger partial charge on any atom is -0.346 e. The fourth-order valence-electron chi connectivity index (χ4n) is 2.51. The Balaban J connectivity index is 2.68. The van der Waals surface area contributed by atoms with Gasteiger partial charge in [-0.05, 0) is 46.5 Å². The smallest absolute Gasteiger partial charge is 0.179 e. The molecule has 1 aliphatic rings. The van der Waals surface area contributed by atoms with Crippen LogP contribution in [-0.2, 0) is 4.74 Å². The summed E-state index contributed by atoms with van der Waals surface area (Å²) in [7, 11) is 0. The zero-order valence-electron chi connectivity index (χ0n) is 12.8. The van der Waals surface area contributed by atoms with E-state index < -0.39 is 5.72 Å². The van der Waals surface area contributed by atoms with E-state index in [2.05, 4.69) is 44.8 Å². The highest BCUT2D eigenvalue weighted by Gasteiger charge is 2.32. The zero-order valence-corrected chi connectivity index (χ0v) is 12.8. The number of hydrogen-bond donors (Lipinski definition) is 0. The highest BCUT2D eigenvalue weighted by atomic mass is 16.5. The lowest BCUT2D eigenvalue weighted by Gasteiger charge is -2.34. The van der Waals surface area contributed by atoms with Gasteiger partial charge in [0, 0.05) is 0 Å². The Bertz CT molecular complexity index is 258. The van der Waals surface area contributed by atoms with Crippen molar-refractivity contribution in [2.75, 3.05) is 0 Å². The van der Waals surface area contributed by atoms with Gasteiger partial charge < -0.3 is 4.74 Å². The summed E-state index contributed by atoms with van der Waals surface area (Å²) in [5.41, 5.74) is -0.590. The van der Waals surface area contributed by atoms with E-state index in [-0.39, 0.29) is 5.60 Å². The molecule has 1 saturated carbocycles. The van der Waals surface area contributed by atoms with Crippen LogP contribution >= 0.6 is 0 Å². The van der Waals surface area contributed by atoms with Crippen LogP contribution in [0.1, 0.15) is 79.6 Å². The third-order valence-corrected chi connectivity index (χ3v) is 3.58. The van der Waals surface area contributed by atoms with Gasteiger partial charge in [0.15, 0.2) is 5.72 Å². The first-order valence-electron chi connectivity index (χ1n) is 7.53. The molecule has 0 amide bonds. The lowest BCUT2D eigenvalue weighted by atomic mass is 9.96. The minimum absolute atomic E-state index is 0.169. The molecule has 3 heteroatoms. The summed E-state index contributed by atoms with van der Waals surface area (Å²) in [5, 5.41) is 9.19. The van der Waals surface area contributed by atoms with Crippen molar-refractivity contribution in [3.63, 3.8) is 0 Å². The van der Waals surface area contributed by atoms with Gasteiger partial charge in [-0.3, -0.25) is 0 Å². The summed E-state index contributed by atoms with van der Waals surface area (Å²) >= 11 is 0. The Morgan fingerprint density at radius 3 is 2.00 bits per heavy atom. The van der Waals surface area contributed by atoms with Crippen molar-refractivity contribution in [3.05, 3.63) is 0 Å². The number of ether oxygens (including phenoxy) is 1. The first kappa shape index (κ1) is 15.6. The lowest BCUT2D eigenvalue weighted by Crippen LogP contribution is -2.37. The zero-order chi connectivity index (χ0) is 13.6. The fourth-order valence-corrected chi connectivity index (χ4v) is 2.51. The minimum atomic E-state index is -0.421. The largest absolute Gasteiger partial charge is 0.346 e. The molecular weight excluding hydrogens is 224 g/mol. The van der Waals surface area contributed by atoms with Crippen molar-refractivity contribution in [1.29, 1.82) is 0 Å². The summed E-state index contributed by atoms with van der Waals surface area (Å²) in [6, 6.07) is 0.430. The normalized spacial score (nSPS) is 19.6. The quantitative estimate of drug-likeness (QED) is 0.628. The van der Waals surface area contributed by atoms with Crippen LogP contribution in [0.2, 0.25) is 0 Å². The van der Waals surface area contributed by atoms with Crippen molar-refractivity contribution in [1.82, 2.24) is 0 Å². The van der Waals surface area contributed by atoms with Crippen molar-refractivity contribution in [2.45, 2.75) is 96.9 Å². The van der Waals surface area contributed by atoms with E-state index >= 15 is 0 Å². The van der Waals surface area contributed by atoms with Crippen molar-refractivity contribution < 1.29 is 4.74 Å². The summed E-state index contributed by atoms with van der Waals surface area (Å²) in [6.45, 7) is 10.5. The van der Waals surface area contributed by atoms with Crippen LogP contribution in [0.3, 0.4) is 0 Å². The molecule has 0 N–H and O–H groups in total. The third kappa shape index (κ3) is 5.05. The molecule has 1 fully saturated rings. The Kier molecular flexibility index (Phi) is 5.77. The van der Waals surface area contributed by atoms with Crippen LogP contribution < -0.4 is 0 Å². The molecule has 0 aliphatic heterocycles. The highest BCUT2D eigenvalue weighted by Crippen LogP contribution is 2.30. The van der Waals surface area contributed by atoms with E-state index in [4.69, 9.17) is 4.74 Å². The predicted octanol–water partition coefficient (Wildman–Crippen LogP) is 5.10. The molecule has 3 nitrogen and oxygen atoms in total. The third-order valence-electron chi connectivity index (χ3n) is 3.58. The fraction of sp³-hybridized carbons (Fsp3) is 1.00. The van der Waals surface area contributed by atoms with Crippen molar-refractivity contribution >= 4 is 0 Å². The van der Waals surface area contributed by atoms with Gasteiger partial charge in [-0.25, -0.2) is 0 Å². The van der Waals surface area contributed by atoms with Gasteiger partial charge in [0.05, 0.1) is 11.6 Å². The second kappa shape index (κ2) is 6.65. The average molecular weight is 254 g/mol. The molecule has 0 aromatic heterocycles. The molecule has 18 heavy (non-hydrogen) atoms. The van der Waals surface area contributed by atoms with Gasteiger partial charge in [0.25, 0.3) is 0 Å². The van der Waals surface area contributed by atoms with E-state index in [1.54, 1.807) is 0 Å². The molecule has 0 radical (unpaired) electrons. The Labute approximate surface area is 112 Å². The van der Waals surface area contributed by atoms with Gasteiger partial charge in [0.2, 0.25) is 0 Å². The van der Waals surface area contributed by atoms with Gasteiger partial charge in [-0.2, -0.15) is 10.2 Å². The topological polar surface area (TPSA) is 34.0 Å². The summed E-state index contributed by atoms with van der Waals surface area (Å²) in [6.07, 6.45) is 8.13. The van der Waals surface area contributed by atoms with Crippen molar-refractivity contribution in [3.8, 4) is 0 Å². The molecular formula is C15H30N2O. The SMILES string of the molecule is CCC(CC)(N=NC1CCCCC1)OC(C)(C)C.